The van der Waals surface area contributed by atoms with Crippen LogP contribution < -0.4 is 0 Å². The van der Waals surface area contributed by atoms with Gasteiger partial charge in [0.1, 0.15) is 0 Å². The van der Waals surface area contributed by atoms with Crippen LogP contribution >= 0.6 is 0 Å². The molecule has 0 spiro atoms. The SMILES string of the molecule is CCOC(=O)c1cc(CN(C)C)cc(C(O)OCC)c1. The zero-order chi connectivity index (χ0) is 15.1. The molecule has 0 heterocycles. The topological polar surface area (TPSA) is 59.0 Å². The Balaban J connectivity index is 3.10. The van der Waals surface area contributed by atoms with Crippen LogP contribution in [0.15, 0.2) is 18.2 Å². The van der Waals surface area contributed by atoms with Crippen molar-refractivity contribution in [3.63, 3.8) is 0 Å². The van der Waals surface area contributed by atoms with Gasteiger partial charge in [0.25, 0.3) is 0 Å². The van der Waals surface area contributed by atoms with E-state index >= 15 is 0 Å². The minimum atomic E-state index is -1.03. The third-order valence-corrected chi connectivity index (χ3v) is 2.63. The summed E-state index contributed by atoms with van der Waals surface area (Å²) in [6.07, 6.45) is -1.03. The number of hydrogen-bond acceptors (Lipinski definition) is 5. The minimum absolute atomic E-state index is 0.320. The van der Waals surface area contributed by atoms with Gasteiger partial charge >= 0.3 is 5.97 Å². The normalized spacial score (nSPS) is 12.5. The first-order chi connectivity index (χ1) is 9.47. The maximum Gasteiger partial charge on any atom is 0.338 e. The largest absolute Gasteiger partial charge is 0.462 e. The lowest BCUT2D eigenvalue weighted by Gasteiger charge is -2.16. The second-order valence-corrected chi connectivity index (χ2v) is 4.73. The first kappa shape index (κ1) is 16.6. The summed E-state index contributed by atoms with van der Waals surface area (Å²) in [5, 5.41) is 9.93. The molecule has 1 rings (SSSR count). The second kappa shape index (κ2) is 7.99. The fourth-order valence-electron chi connectivity index (χ4n) is 1.90. The molecule has 5 heteroatoms. The molecule has 0 amide bonds. The van der Waals surface area contributed by atoms with Gasteiger partial charge in [-0.2, -0.15) is 0 Å². The van der Waals surface area contributed by atoms with Crippen molar-refractivity contribution in [2.75, 3.05) is 27.3 Å². The van der Waals surface area contributed by atoms with Crippen molar-refractivity contribution in [3.05, 3.63) is 34.9 Å². The summed E-state index contributed by atoms with van der Waals surface area (Å²) in [7, 11) is 3.88. The van der Waals surface area contributed by atoms with Gasteiger partial charge in [0.2, 0.25) is 0 Å². The van der Waals surface area contributed by atoms with E-state index in [4.69, 9.17) is 9.47 Å². The lowest BCUT2D eigenvalue weighted by molar-refractivity contribution is -0.0980. The molecule has 0 fully saturated rings. The highest BCUT2D eigenvalue weighted by atomic mass is 16.6. The summed E-state index contributed by atoms with van der Waals surface area (Å²) in [6.45, 7) is 4.95. The van der Waals surface area contributed by atoms with Gasteiger partial charge in [-0.25, -0.2) is 4.79 Å². The molecule has 0 bridgehead atoms. The van der Waals surface area contributed by atoms with Gasteiger partial charge < -0.3 is 19.5 Å². The molecule has 1 aromatic carbocycles. The van der Waals surface area contributed by atoms with E-state index in [1.807, 2.05) is 25.1 Å². The van der Waals surface area contributed by atoms with Gasteiger partial charge in [0.05, 0.1) is 12.2 Å². The van der Waals surface area contributed by atoms with Crippen molar-refractivity contribution in [3.8, 4) is 0 Å². The van der Waals surface area contributed by atoms with Crippen molar-refractivity contribution in [1.82, 2.24) is 4.90 Å². The highest BCUT2D eigenvalue weighted by Crippen LogP contribution is 2.20. The lowest BCUT2D eigenvalue weighted by atomic mass is 10.0. The number of hydrogen-bond donors (Lipinski definition) is 1. The Hall–Kier alpha value is -1.43. The Morgan fingerprint density at radius 3 is 2.50 bits per heavy atom. The van der Waals surface area contributed by atoms with E-state index in [1.54, 1.807) is 26.0 Å². The molecule has 1 aromatic rings. The summed E-state index contributed by atoms with van der Waals surface area (Å²) in [6, 6.07) is 5.22. The van der Waals surface area contributed by atoms with Gasteiger partial charge in [0.15, 0.2) is 6.29 Å². The van der Waals surface area contributed by atoms with E-state index in [0.29, 0.717) is 30.9 Å². The number of aliphatic hydroxyl groups excluding tert-OH is 1. The van der Waals surface area contributed by atoms with Crippen molar-refractivity contribution in [2.24, 2.45) is 0 Å². The molecular formula is C15H23NO4. The molecule has 0 aromatic heterocycles. The third kappa shape index (κ3) is 4.92. The van der Waals surface area contributed by atoms with E-state index in [-0.39, 0.29) is 0 Å². The molecule has 112 valence electrons. The van der Waals surface area contributed by atoms with Crippen LogP contribution in [0.25, 0.3) is 0 Å². The van der Waals surface area contributed by atoms with E-state index < -0.39 is 12.3 Å². The number of ether oxygens (including phenoxy) is 2. The quantitative estimate of drug-likeness (QED) is 0.611. The summed E-state index contributed by atoms with van der Waals surface area (Å²) in [5.41, 5.74) is 1.92. The fraction of sp³-hybridized carbons (Fsp3) is 0.533. The lowest BCUT2D eigenvalue weighted by Crippen LogP contribution is -2.14. The summed E-state index contributed by atoms with van der Waals surface area (Å²) < 4.78 is 10.2. The average molecular weight is 281 g/mol. The van der Waals surface area contributed by atoms with E-state index in [1.165, 1.54) is 0 Å². The molecule has 0 aliphatic carbocycles. The van der Waals surface area contributed by atoms with Gasteiger partial charge in [-0.3, -0.25) is 0 Å². The average Bonchev–Trinajstić information content (AvgIpc) is 2.38. The molecule has 0 aliphatic heterocycles. The van der Waals surface area contributed by atoms with E-state index in [0.717, 1.165) is 5.56 Å². The standard InChI is InChI=1S/C15H23NO4/c1-5-19-14(17)12-7-11(10-16(3)4)8-13(9-12)15(18)20-6-2/h7-9,14,17H,5-6,10H2,1-4H3. The summed E-state index contributed by atoms with van der Waals surface area (Å²) in [5.74, 6) is -0.391. The van der Waals surface area contributed by atoms with Gasteiger partial charge in [-0.15, -0.1) is 0 Å². The number of nitrogens with zero attached hydrogens (tertiary/aromatic N) is 1. The summed E-state index contributed by atoms with van der Waals surface area (Å²) >= 11 is 0. The molecular weight excluding hydrogens is 258 g/mol. The fourth-order valence-corrected chi connectivity index (χ4v) is 1.90. The maximum absolute atomic E-state index is 11.9. The predicted octanol–water partition coefficient (Wildman–Crippen LogP) is 1.95. The van der Waals surface area contributed by atoms with Crippen LogP contribution in [0.5, 0.6) is 0 Å². The Kier molecular flexibility index (Phi) is 6.64. The first-order valence-corrected chi connectivity index (χ1v) is 6.73. The van der Waals surface area contributed by atoms with Crippen molar-refractivity contribution in [1.29, 1.82) is 0 Å². The molecule has 0 saturated heterocycles. The number of benzene rings is 1. The Bertz CT molecular complexity index is 445. The van der Waals surface area contributed by atoms with Crippen LogP contribution in [-0.2, 0) is 16.0 Å². The molecule has 5 nitrogen and oxygen atoms in total. The van der Waals surface area contributed by atoms with Crippen LogP contribution in [0, 0.1) is 0 Å². The Labute approximate surface area is 120 Å². The Morgan fingerprint density at radius 2 is 1.95 bits per heavy atom. The number of esters is 1. The second-order valence-electron chi connectivity index (χ2n) is 4.73. The number of aliphatic hydroxyl groups is 1. The summed E-state index contributed by atoms with van der Waals surface area (Å²) in [4.78, 5) is 13.8. The monoisotopic (exact) mass is 281 g/mol. The maximum atomic E-state index is 11.9. The number of rotatable bonds is 7. The van der Waals surface area contributed by atoms with Gasteiger partial charge in [-0.05, 0) is 51.7 Å². The zero-order valence-electron chi connectivity index (χ0n) is 12.5. The molecule has 1 N–H and O–H groups in total. The highest BCUT2D eigenvalue weighted by Gasteiger charge is 2.14. The van der Waals surface area contributed by atoms with Gasteiger partial charge in [0, 0.05) is 18.7 Å². The van der Waals surface area contributed by atoms with Crippen LogP contribution in [0.1, 0.15) is 41.6 Å². The molecule has 1 atom stereocenters. The zero-order valence-corrected chi connectivity index (χ0v) is 12.5. The van der Waals surface area contributed by atoms with Crippen molar-refractivity contribution >= 4 is 5.97 Å². The van der Waals surface area contributed by atoms with Crippen molar-refractivity contribution < 1.29 is 19.4 Å². The minimum Gasteiger partial charge on any atom is -0.462 e. The number of carbonyl (C=O) groups excluding carboxylic acids is 1. The predicted molar refractivity (Wildman–Crippen MR) is 76.4 cm³/mol. The van der Waals surface area contributed by atoms with Crippen LogP contribution in [-0.4, -0.2) is 43.3 Å². The molecule has 0 aliphatic rings. The molecule has 1 unspecified atom stereocenters. The van der Waals surface area contributed by atoms with E-state index in [9.17, 15) is 9.90 Å². The molecule has 20 heavy (non-hydrogen) atoms. The number of carbonyl (C=O) groups is 1. The van der Waals surface area contributed by atoms with E-state index in [2.05, 4.69) is 0 Å². The van der Waals surface area contributed by atoms with Crippen LogP contribution in [0.4, 0.5) is 0 Å². The molecule has 0 radical (unpaired) electrons. The third-order valence-electron chi connectivity index (χ3n) is 2.63. The Morgan fingerprint density at radius 1 is 1.25 bits per heavy atom. The smallest absolute Gasteiger partial charge is 0.338 e. The van der Waals surface area contributed by atoms with Crippen molar-refractivity contribution in [2.45, 2.75) is 26.7 Å². The highest BCUT2D eigenvalue weighted by molar-refractivity contribution is 5.89. The molecule has 0 saturated carbocycles. The first-order valence-electron chi connectivity index (χ1n) is 6.73. The van der Waals surface area contributed by atoms with Crippen LogP contribution in [0.2, 0.25) is 0 Å². The van der Waals surface area contributed by atoms with Crippen LogP contribution in [0.3, 0.4) is 0 Å². The van der Waals surface area contributed by atoms with Gasteiger partial charge in [-0.1, -0.05) is 0 Å².